The second kappa shape index (κ2) is 7.76. The van der Waals surface area contributed by atoms with Crippen LogP contribution >= 0.6 is 11.3 Å². The van der Waals surface area contributed by atoms with Crippen LogP contribution in [0.1, 0.15) is 38.4 Å². The Bertz CT molecular complexity index is 1130. The van der Waals surface area contributed by atoms with E-state index in [1.807, 2.05) is 48.9 Å². The number of likely N-dealkylation sites (N-methyl/N-ethyl adjacent to an activating group) is 1. The summed E-state index contributed by atoms with van der Waals surface area (Å²) in [5, 5.41) is 10.7. The lowest BCUT2D eigenvalue weighted by Crippen LogP contribution is -2.57. The molecule has 154 valence electrons. The number of carbonyl (C=O) groups excluding carboxylic acids is 1. The van der Waals surface area contributed by atoms with Crippen molar-refractivity contribution in [2.24, 2.45) is 0 Å². The van der Waals surface area contributed by atoms with Crippen LogP contribution in [0.5, 0.6) is 0 Å². The number of carbonyl (C=O) groups is 1. The number of thiophene rings is 1. The molecule has 1 N–H and O–H groups in total. The maximum Gasteiger partial charge on any atom is 0.291 e. The smallest absolute Gasteiger partial charge is 0.291 e. The van der Waals surface area contributed by atoms with Gasteiger partial charge in [-0.1, -0.05) is 19.9 Å². The molecule has 0 radical (unpaired) electrons. The molecule has 1 fully saturated rings. The van der Waals surface area contributed by atoms with Gasteiger partial charge in [-0.2, -0.15) is 5.10 Å². The van der Waals surface area contributed by atoms with Gasteiger partial charge in [0.05, 0.1) is 0 Å². The van der Waals surface area contributed by atoms with E-state index in [0.717, 1.165) is 35.4 Å². The van der Waals surface area contributed by atoms with Crippen molar-refractivity contribution in [1.29, 1.82) is 0 Å². The molecule has 0 spiro atoms. The Hall–Kier alpha value is -2.45. The molecule has 4 rings (SSSR count). The summed E-state index contributed by atoms with van der Waals surface area (Å²) in [5.74, 6) is 0.736. The van der Waals surface area contributed by atoms with E-state index in [0.29, 0.717) is 11.6 Å². The average Bonchev–Trinajstić information content (AvgIpc) is 3.23. The van der Waals surface area contributed by atoms with Crippen molar-refractivity contribution in [3.8, 4) is 0 Å². The third kappa shape index (κ3) is 3.51. The predicted octanol–water partition coefficient (Wildman–Crippen LogP) is 2.60. The van der Waals surface area contributed by atoms with Crippen molar-refractivity contribution in [2.45, 2.75) is 51.2 Å². The highest BCUT2D eigenvalue weighted by Crippen LogP contribution is 2.27. The Kier molecular flexibility index (Phi) is 5.31. The number of nitrogens with one attached hydrogen (secondary N) is 1. The number of amides is 1. The Balaban J connectivity index is 1.59. The molecule has 0 aromatic carbocycles. The lowest BCUT2D eigenvalue weighted by Gasteiger charge is -2.42. The van der Waals surface area contributed by atoms with Crippen molar-refractivity contribution >= 4 is 33.0 Å². The summed E-state index contributed by atoms with van der Waals surface area (Å²) in [7, 11) is 2.04. The van der Waals surface area contributed by atoms with Gasteiger partial charge in [-0.15, -0.1) is 17.9 Å². The summed E-state index contributed by atoms with van der Waals surface area (Å²) in [6.07, 6.45) is 3.87. The molecule has 0 saturated heterocycles. The van der Waals surface area contributed by atoms with Crippen LogP contribution in [-0.4, -0.2) is 50.7 Å². The van der Waals surface area contributed by atoms with E-state index in [2.05, 4.69) is 21.9 Å². The monoisotopic (exact) mass is 413 g/mol. The van der Waals surface area contributed by atoms with E-state index in [1.165, 1.54) is 4.68 Å². The summed E-state index contributed by atoms with van der Waals surface area (Å²) in [4.78, 5) is 28.9. The molecule has 1 amide bonds. The van der Waals surface area contributed by atoms with Gasteiger partial charge in [0.25, 0.3) is 5.56 Å². The quantitative estimate of drug-likeness (QED) is 0.605. The minimum atomic E-state index is -0.234. The molecule has 29 heavy (non-hydrogen) atoms. The zero-order valence-corrected chi connectivity index (χ0v) is 17.9. The Morgan fingerprint density at radius 3 is 2.93 bits per heavy atom. The van der Waals surface area contributed by atoms with Gasteiger partial charge in [-0.25, -0.2) is 4.68 Å². The fourth-order valence-electron chi connectivity index (χ4n) is 4.04. The van der Waals surface area contributed by atoms with Gasteiger partial charge in [0.15, 0.2) is 0 Å². The van der Waals surface area contributed by atoms with Gasteiger partial charge in [0, 0.05) is 29.9 Å². The van der Waals surface area contributed by atoms with Crippen LogP contribution in [0.25, 0.3) is 15.7 Å². The van der Waals surface area contributed by atoms with E-state index in [9.17, 15) is 9.59 Å². The minimum Gasteiger partial charge on any atom is -0.350 e. The van der Waals surface area contributed by atoms with E-state index in [-0.39, 0.29) is 30.0 Å². The summed E-state index contributed by atoms with van der Waals surface area (Å²) >= 11 is 1.59. The van der Waals surface area contributed by atoms with Gasteiger partial charge in [-0.05, 0) is 37.4 Å². The van der Waals surface area contributed by atoms with Crippen molar-refractivity contribution in [3.05, 3.63) is 46.3 Å². The van der Waals surface area contributed by atoms with Crippen molar-refractivity contribution in [2.75, 3.05) is 13.6 Å². The zero-order valence-electron chi connectivity index (χ0n) is 17.1. The van der Waals surface area contributed by atoms with Crippen LogP contribution in [0, 0.1) is 0 Å². The third-order valence-electron chi connectivity index (χ3n) is 5.69. The van der Waals surface area contributed by atoms with Crippen LogP contribution < -0.4 is 10.9 Å². The van der Waals surface area contributed by atoms with Crippen LogP contribution in [0.4, 0.5) is 0 Å². The highest BCUT2D eigenvalue weighted by molar-refractivity contribution is 7.16. The first-order chi connectivity index (χ1) is 13.9. The first-order valence-corrected chi connectivity index (χ1v) is 10.9. The highest BCUT2D eigenvalue weighted by atomic mass is 32.1. The van der Waals surface area contributed by atoms with E-state index < -0.39 is 0 Å². The van der Waals surface area contributed by atoms with Gasteiger partial charge >= 0.3 is 0 Å². The number of nitrogens with zero attached hydrogens (tertiary/aromatic N) is 4. The molecule has 8 heteroatoms. The molecule has 1 saturated carbocycles. The van der Waals surface area contributed by atoms with Crippen molar-refractivity contribution in [1.82, 2.24) is 24.4 Å². The first-order valence-electron chi connectivity index (χ1n) is 10.0. The van der Waals surface area contributed by atoms with Gasteiger partial charge in [0.2, 0.25) is 5.91 Å². The molecule has 2 unspecified atom stereocenters. The van der Waals surface area contributed by atoms with Crippen LogP contribution in [0.15, 0.2) is 35.0 Å². The Morgan fingerprint density at radius 2 is 2.28 bits per heavy atom. The van der Waals surface area contributed by atoms with Crippen LogP contribution in [0.3, 0.4) is 0 Å². The molecule has 1 aliphatic rings. The van der Waals surface area contributed by atoms with E-state index in [1.54, 1.807) is 11.3 Å². The van der Waals surface area contributed by atoms with Gasteiger partial charge in [0.1, 0.15) is 22.7 Å². The molecule has 3 aromatic rings. The molecular weight excluding hydrogens is 386 g/mol. The minimum absolute atomic E-state index is 0.0672. The largest absolute Gasteiger partial charge is 0.350 e. The number of aromatic nitrogens is 3. The Labute approximate surface area is 173 Å². The van der Waals surface area contributed by atoms with Gasteiger partial charge in [-0.3, -0.25) is 18.9 Å². The second-order valence-electron chi connectivity index (χ2n) is 8.07. The van der Waals surface area contributed by atoms with E-state index in [4.69, 9.17) is 0 Å². The number of hydrogen-bond donors (Lipinski definition) is 1. The molecule has 1 aliphatic carbocycles. The molecule has 3 aromatic heterocycles. The normalized spacial score (nSPS) is 19.2. The summed E-state index contributed by atoms with van der Waals surface area (Å²) in [6, 6.07) is 4.31. The molecule has 7 nitrogen and oxygen atoms in total. The summed E-state index contributed by atoms with van der Waals surface area (Å²) in [6.45, 7) is 8.59. The maximum absolute atomic E-state index is 13.0. The van der Waals surface area contributed by atoms with E-state index >= 15 is 0 Å². The molecule has 3 heterocycles. The molecule has 0 bridgehead atoms. The predicted molar refractivity (Wildman–Crippen MR) is 117 cm³/mol. The van der Waals surface area contributed by atoms with Gasteiger partial charge < -0.3 is 5.32 Å². The molecule has 0 aliphatic heterocycles. The number of hydrogen-bond acceptors (Lipinski definition) is 5. The second-order valence-corrected chi connectivity index (χ2v) is 8.96. The Morgan fingerprint density at radius 1 is 1.48 bits per heavy atom. The summed E-state index contributed by atoms with van der Waals surface area (Å²) in [5.41, 5.74) is 0.340. The zero-order chi connectivity index (χ0) is 20.7. The standard InChI is InChI=1S/C21H27N5O2S/c1-5-9-24(4)16-7-6-15(16)22-18(27)12-25-20(28)17-11-14-8-10-29-21(14)26(17)19(23-25)13(2)3/h5,8,10-11,13,15-16H,1,6-7,9,12H2,2-4H3,(H,22,27). The summed E-state index contributed by atoms with van der Waals surface area (Å²) < 4.78 is 3.25. The van der Waals surface area contributed by atoms with Crippen LogP contribution in [0.2, 0.25) is 0 Å². The lowest BCUT2D eigenvalue weighted by molar-refractivity contribution is -0.124. The molecular formula is C21H27N5O2S. The van der Waals surface area contributed by atoms with Crippen molar-refractivity contribution in [3.63, 3.8) is 0 Å². The third-order valence-corrected chi connectivity index (χ3v) is 6.61. The SMILES string of the molecule is C=CCN(C)C1CCC1NC(=O)Cn1nc(C(C)C)n2c(cc3ccsc32)c1=O. The number of fused-ring (bicyclic) bond motifs is 3. The lowest BCUT2D eigenvalue weighted by atomic mass is 9.85. The molecule has 2 atom stereocenters. The average molecular weight is 414 g/mol. The topological polar surface area (TPSA) is 71.6 Å². The highest BCUT2D eigenvalue weighted by Gasteiger charge is 2.34. The van der Waals surface area contributed by atoms with Crippen LogP contribution in [-0.2, 0) is 11.3 Å². The van der Waals surface area contributed by atoms with Crippen molar-refractivity contribution < 1.29 is 4.79 Å². The first kappa shape index (κ1) is 19.8. The fourth-order valence-corrected chi connectivity index (χ4v) is 4.95. The fraction of sp³-hybridized carbons (Fsp3) is 0.476. The number of rotatable bonds is 7. The maximum atomic E-state index is 13.0.